The second kappa shape index (κ2) is 8.10. The minimum Gasteiger partial charge on any atom is -0.357 e. The van der Waals surface area contributed by atoms with Crippen molar-refractivity contribution in [3.63, 3.8) is 0 Å². The van der Waals surface area contributed by atoms with Crippen LogP contribution in [0.2, 0.25) is 10.0 Å². The largest absolute Gasteiger partial charge is 0.357 e. The third kappa shape index (κ3) is 3.16. The van der Waals surface area contributed by atoms with Gasteiger partial charge < -0.3 is 4.90 Å². The van der Waals surface area contributed by atoms with Crippen molar-refractivity contribution in [3.8, 4) is 12.1 Å². The summed E-state index contributed by atoms with van der Waals surface area (Å²) in [6.07, 6.45) is 10.5. The summed E-state index contributed by atoms with van der Waals surface area (Å²) in [6, 6.07) is 16.9. The zero-order valence-electron chi connectivity index (χ0n) is 20.4. The van der Waals surface area contributed by atoms with Crippen molar-refractivity contribution in [2.24, 2.45) is 28.6 Å². The molecule has 6 heteroatoms. The lowest BCUT2D eigenvalue weighted by molar-refractivity contribution is -0.148. The van der Waals surface area contributed by atoms with E-state index in [1.54, 1.807) is 12.1 Å². The van der Waals surface area contributed by atoms with Crippen molar-refractivity contribution in [1.29, 1.82) is 10.5 Å². The third-order valence-electron chi connectivity index (χ3n) is 10.1. The van der Waals surface area contributed by atoms with Crippen LogP contribution in [0.1, 0.15) is 67.2 Å². The molecule has 0 N–H and O–H groups in total. The fourth-order valence-corrected chi connectivity index (χ4v) is 9.41. The molecule has 2 aromatic carbocycles. The van der Waals surface area contributed by atoms with E-state index in [1.807, 2.05) is 47.5 Å². The predicted molar refractivity (Wildman–Crippen MR) is 142 cm³/mol. The summed E-state index contributed by atoms with van der Waals surface area (Å²) in [5.41, 5.74) is 0.777. The second-order valence-corrected chi connectivity index (χ2v) is 12.9. The molecule has 4 saturated carbocycles. The number of rotatable bonds is 3. The maximum atomic E-state index is 15.0. The minimum atomic E-state index is -1.47. The number of halogens is 2. The molecule has 3 unspecified atom stereocenters. The average Bonchev–Trinajstić information content (AvgIpc) is 3.20. The average molecular weight is 528 g/mol. The first-order valence-corrected chi connectivity index (χ1v) is 14.0. The Balaban J connectivity index is 1.44. The number of fused-ring (bicyclic) bond motifs is 3. The molecule has 4 nitrogen and oxygen atoms in total. The van der Waals surface area contributed by atoms with Crippen LogP contribution in [0.5, 0.6) is 0 Å². The number of nitrogens with zero attached hydrogens (tertiary/aromatic N) is 3. The summed E-state index contributed by atoms with van der Waals surface area (Å²) < 4.78 is 0. The standard InChI is InChI=1S/C31H27Cl2N3O/c32-24-6-5-22(12-25(24)33)26-27(29(37)30-13-18-9-19(14-30)11-20(10-18)15-30)36-8-7-21-3-1-2-4-23(21)28(36)31(26,16-34)17-35/h1-8,12,18-20,26-28H,9-11,13-15H2. The van der Waals surface area contributed by atoms with Crippen LogP contribution >= 0.6 is 23.2 Å². The molecular weight excluding hydrogens is 501 g/mol. The smallest absolute Gasteiger partial charge is 0.177 e. The molecule has 37 heavy (non-hydrogen) atoms. The van der Waals surface area contributed by atoms with Gasteiger partial charge in [-0.2, -0.15) is 10.5 Å². The SMILES string of the molecule is N#CC1(C#N)C(c2ccc(Cl)c(Cl)c2)C(C(=O)C23CC4CC(CC(C4)C2)C3)N2C=Cc3ccccc3C21. The highest BCUT2D eigenvalue weighted by Gasteiger charge is 2.67. The van der Waals surface area contributed by atoms with Gasteiger partial charge in [-0.05, 0) is 91.2 Å². The molecule has 0 amide bonds. The fraction of sp³-hybridized carbons (Fsp3) is 0.452. The Morgan fingerprint density at radius 2 is 1.57 bits per heavy atom. The maximum Gasteiger partial charge on any atom is 0.177 e. The lowest BCUT2D eigenvalue weighted by Crippen LogP contribution is -2.55. The maximum absolute atomic E-state index is 15.0. The van der Waals surface area contributed by atoms with Gasteiger partial charge in [0.05, 0.1) is 34.3 Å². The highest BCUT2D eigenvalue weighted by Crippen LogP contribution is 2.65. The number of hydrogen-bond donors (Lipinski definition) is 0. The quantitative estimate of drug-likeness (QED) is 0.419. The van der Waals surface area contributed by atoms with Gasteiger partial charge in [0, 0.05) is 17.5 Å². The van der Waals surface area contributed by atoms with Gasteiger partial charge in [0.25, 0.3) is 0 Å². The van der Waals surface area contributed by atoms with Crippen LogP contribution in [0, 0.1) is 51.2 Å². The van der Waals surface area contributed by atoms with Gasteiger partial charge >= 0.3 is 0 Å². The van der Waals surface area contributed by atoms with Crippen LogP contribution in [0.25, 0.3) is 6.08 Å². The first-order chi connectivity index (χ1) is 17.9. The molecular formula is C31H27Cl2N3O. The van der Waals surface area contributed by atoms with Crippen molar-refractivity contribution in [1.82, 2.24) is 4.90 Å². The molecule has 1 saturated heterocycles. The molecule has 5 fully saturated rings. The van der Waals surface area contributed by atoms with E-state index in [9.17, 15) is 15.3 Å². The van der Waals surface area contributed by atoms with E-state index in [1.165, 1.54) is 19.3 Å². The Labute approximate surface area is 227 Å². The summed E-state index contributed by atoms with van der Waals surface area (Å²) in [5.74, 6) is 1.41. The Morgan fingerprint density at radius 3 is 2.19 bits per heavy atom. The number of carbonyl (C=O) groups is 1. The van der Waals surface area contributed by atoms with Gasteiger partial charge in [-0.25, -0.2) is 0 Å². The van der Waals surface area contributed by atoms with E-state index in [-0.39, 0.29) is 11.2 Å². The van der Waals surface area contributed by atoms with Crippen molar-refractivity contribution >= 4 is 35.1 Å². The van der Waals surface area contributed by atoms with E-state index in [0.717, 1.165) is 36.0 Å². The monoisotopic (exact) mass is 527 g/mol. The van der Waals surface area contributed by atoms with Gasteiger partial charge in [-0.3, -0.25) is 4.79 Å². The highest BCUT2D eigenvalue weighted by molar-refractivity contribution is 6.42. The molecule has 4 bridgehead atoms. The van der Waals surface area contributed by atoms with Gasteiger partial charge in [0.2, 0.25) is 0 Å². The predicted octanol–water partition coefficient (Wildman–Crippen LogP) is 7.31. The second-order valence-electron chi connectivity index (χ2n) is 12.0. The zero-order chi connectivity index (χ0) is 25.5. The van der Waals surface area contributed by atoms with E-state index in [0.29, 0.717) is 27.8 Å². The van der Waals surface area contributed by atoms with Gasteiger partial charge in [0.1, 0.15) is 0 Å². The molecule has 2 heterocycles. The summed E-state index contributed by atoms with van der Waals surface area (Å²) in [5, 5.41) is 22.3. The van der Waals surface area contributed by atoms with Crippen molar-refractivity contribution < 1.29 is 4.79 Å². The minimum absolute atomic E-state index is 0.212. The number of hydrogen-bond acceptors (Lipinski definition) is 4. The molecule has 6 aliphatic rings. The Bertz CT molecular complexity index is 1380. The normalized spacial score (nSPS) is 35.9. The Morgan fingerprint density at radius 1 is 0.919 bits per heavy atom. The molecule has 2 aromatic rings. The van der Waals surface area contributed by atoms with Gasteiger partial charge in [-0.15, -0.1) is 0 Å². The van der Waals surface area contributed by atoms with E-state index in [4.69, 9.17) is 23.2 Å². The van der Waals surface area contributed by atoms with Crippen LogP contribution in [0.3, 0.4) is 0 Å². The van der Waals surface area contributed by atoms with Crippen LogP contribution < -0.4 is 0 Å². The molecule has 3 atom stereocenters. The first kappa shape index (κ1) is 23.3. The highest BCUT2D eigenvalue weighted by atomic mass is 35.5. The number of benzene rings is 2. The first-order valence-electron chi connectivity index (χ1n) is 13.3. The lowest BCUT2D eigenvalue weighted by Gasteiger charge is -2.57. The number of Topliss-reactive ketones (excluding diaryl/α,β-unsaturated/α-hetero) is 1. The summed E-state index contributed by atoms with van der Waals surface area (Å²) >= 11 is 12.8. The molecule has 4 aliphatic carbocycles. The molecule has 8 rings (SSSR count). The van der Waals surface area contributed by atoms with E-state index < -0.39 is 23.4 Å². The van der Waals surface area contributed by atoms with Gasteiger partial charge in [-0.1, -0.05) is 53.5 Å². The topological polar surface area (TPSA) is 67.9 Å². The molecule has 0 aromatic heterocycles. The third-order valence-corrected chi connectivity index (χ3v) is 10.8. The number of ketones is 1. The van der Waals surface area contributed by atoms with Gasteiger partial charge in [0.15, 0.2) is 11.2 Å². The molecule has 186 valence electrons. The number of carbonyl (C=O) groups excluding carboxylic acids is 1. The zero-order valence-corrected chi connectivity index (χ0v) is 21.9. The van der Waals surface area contributed by atoms with Crippen molar-refractivity contribution in [3.05, 3.63) is 75.4 Å². The van der Waals surface area contributed by atoms with Crippen LogP contribution in [-0.4, -0.2) is 16.7 Å². The Hall–Kier alpha value is -2.79. The Kier molecular flexibility index (Phi) is 5.11. The van der Waals surface area contributed by atoms with E-state index in [2.05, 4.69) is 12.1 Å². The summed E-state index contributed by atoms with van der Waals surface area (Å²) in [6.45, 7) is 0. The van der Waals surface area contributed by atoms with Crippen LogP contribution in [0.4, 0.5) is 0 Å². The fourth-order valence-electron chi connectivity index (χ4n) is 9.10. The number of nitriles is 2. The van der Waals surface area contributed by atoms with Crippen LogP contribution in [-0.2, 0) is 4.79 Å². The van der Waals surface area contributed by atoms with Crippen molar-refractivity contribution in [2.75, 3.05) is 0 Å². The van der Waals surface area contributed by atoms with Crippen molar-refractivity contribution in [2.45, 2.75) is 56.5 Å². The molecule has 0 spiro atoms. The van der Waals surface area contributed by atoms with Crippen LogP contribution in [0.15, 0.2) is 48.7 Å². The summed E-state index contributed by atoms with van der Waals surface area (Å²) in [4.78, 5) is 17.0. The van der Waals surface area contributed by atoms with E-state index >= 15 is 0 Å². The summed E-state index contributed by atoms with van der Waals surface area (Å²) in [7, 11) is 0. The molecule has 2 aliphatic heterocycles. The molecule has 0 radical (unpaired) electrons. The lowest BCUT2D eigenvalue weighted by atomic mass is 9.47.